The summed E-state index contributed by atoms with van der Waals surface area (Å²) in [6, 6.07) is 1.67. The maximum absolute atomic E-state index is 11.2. The predicted molar refractivity (Wildman–Crippen MR) is 47.5 cm³/mol. The van der Waals surface area contributed by atoms with E-state index in [1.165, 1.54) is 0 Å². The standard InChI is InChI=1S/C7H6Cl3NO/c8-6(4-11)5(12)2-1-3-7(6,9)10/h1-3H2/t6-/m1/s1. The third-order valence-corrected chi connectivity index (χ3v) is 3.69. The molecule has 2 nitrogen and oxygen atoms in total. The molecule has 0 bridgehead atoms. The van der Waals surface area contributed by atoms with Gasteiger partial charge >= 0.3 is 0 Å². The lowest BCUT2D eigenvalue weighted by molar-refractivity contribution is -0.121. The summed E-state index contributed by atoms with van der Waals surface area (Å²) in [7, 11) is 0. The Bertz CT molecular complexity index is 258. The van der Waals surface area contributed by atoms with E-state index in [9.17, 15) is 4.79 Å². The molecule has 0 unspecified atom stereocenters. The van der Waals surface area contributed by atoms with E-state index in [0.29, 0.717) is 12.8 Å². The molecule has 0 heterocycles. The van der Waals surface area contributed by atoms with Crippen molar-refractivity contribution in [2.45, 2.75) is 28.5 Å². The number of hydrogen-bond acceptors (Lipinski definition) is 2. The Hall–Kier alpha value is 0.0300. The lowest BCUT2D eigenvalue weighted by Crippen LogP contribution is -2.50. The molecule has 12 heavy (non-hydrogen) atoms. The third-order valence-electron chi connectivity index (χ3n) is 1.94. The van der Waals surface area contributed by atoms with Gasteiger partial charge in [0.15, 0.2) is 10.1 Å². The average Bonchev–Trinajstić information content (AvgIpc) is 2.00. The molecule has 0 aromatic rings. The third kappa shape index (κ3) is 1.31. The van der Waals surface area contributed by atoms with Crippen molar-refractivity contribution >= 4 is 40.6 Å². The van der Waals surface area contributed by atoms with E-state index < -0.39 is 9.21 Å². The van der Waals surface area contributed by atoms with Crippen LogP contribution in [0, 0.1) is 11.3 Å². The Labute approximate surface area is 85.4 Å². The average molecular weight is 226 g/mol. The number of Topliss-reactive ketones (excluding diaryl/α,β-unsaturated/α-hetero) is 1. The summed E-state index contributed by atoms with van der Waals surface area (Å²) in [6.45, 7) is 0. The van der Waals surface area contributed by atoms with E-state index in [1.807, 2.05) is 0 Å². The molecule has 0 aromatic heterocycles. The van der Waals surface area contributed by atoms with Gasteiger partial charge < -0.3 is 0 Å². The fourth-order valence-corrected chi connectivity index (χ4v) is 1.92. The number of hydrogen-bond donors (Lipinski definition) is 0. The van der Waals surface area contributed by atoms with Gasteiger partial charge in [0.1, 0.15) is 0 Å². The summed E-state index contributed by atoms with van der Waals surface area (Å²) in [5, 5.41) is 8.68. The molecule has 0 radical (unpaired) electrons. The molecule has 0 amide bonds. The molecule has 0 aliphatic heterocycles. The van der Waals surface area contributed by atoms with E-state index in [4.69, 9.17) is 40.1 Å². The first-order chi connectivity index (χ1) is 5.44. The van der Waals surface area contributed by atoms with Gasteiger partial charge in [-0.1, -0.05) is 34.8 Å². The van der Waals surface area contributed by atoms with Crippen LogP contribution in [-0.2, 0) is 4.79 Å². The van der Waals surface area contributed by atoms with E-state index in [0.717, 1.165) is 0 Å². The van der Waals surface area contributed by atoms with E-state index in [1.54, 1.807) is 6.07 Å². The van der Waals surface area contributed by atoms with Crippen LogP contribution < -0.4 is 0 Å². The van der Waals surface area contributed by atoms with Gasteiger partial charge in [-0.2, -0.15) is 5.26 Å². The highest BCUT2D eigenvalue weighted by Crippen LogP contribution is 2.47. The number of ketones is 1. The van der Waals surface area contributed by atoms with Crippen molar-refractivity contribution in [3.63, 3.8) is 0 Å². The number of nitrogens with zero attached hydrogens (tertiary/aromatic N) is 1. The second-order valence-corrected chi connectivity index (χ2v) is 4.80. The second-order valence-electron chi connectivity index (χ2n) is 2.75. The molecule has 0 N–H and O–H groups in total. The maximum Gasteiger partial charge on any atom is 0.221 e. The normalized spacial score (nSPS) is 34.3. The Morgan fingerprint density at radius 2 is 2.00 bits per heavy atom. The van der Waals surface area contributed by atoms with Crippen LogP contribution in [0.3, 0.4) is 0 Å². The molecular weight excluding hydrogens is 220 g/mol. The van der Waals surface area contributed by atoms with Gasteiger partial charge in [0.25, 0.3) is 0 Å². The van der Waals surface area contributed by atoms with Crippen LogP contribution in [0.5, 0.6) is 0 Å². The molecule has 0 saturated heterocycles. The molecule has 1 saturated carbocycles. The van der Waals surface area contributed by atoms with Crippen molar-refractivity contribution in [3.05, 3.63) is 0 Å². The summed E-state index contributed by atoms with van der Waals surface area (Å²) in [5.41, 5.74) is 0. The van der Waals surface area contributed by atoms with Gasteiger partial charge in [-0.25, -0.2) is 0 Å². The van der Waals surface area contributed by atoms with Gasteiger partial charge in [-0.05, 0) is 12.8 Å². The molecule has 5 heteroatoms. The number of carbonyl (C=O) groups excluding carboxylic acids is 1. The summed E-state index contributed by atoms with van der Waals surface area (Å²) < 4.78 is -1.45. The van der Waals surface area contributed by atoms with E-state index in [-0.39, 0.29) is 12.2 Å². The SMILES string of the molecule is N#C[C@@]1(Cl)C(=O)CCCC1(Cl)Cl. The van der Waals surface area contributed by atoms with Crippen LogP contribution in [0.1, 0.15) is 19.3 Å². The fourth-order valence-electron chi connectivity index (χ4n) is 1.16. The van der Waals surface area contributed by atoms with E-state index in [2.05, 4.69) is 0 Å². The molecule has 1 atom stereocenters. The Morgan fingerprint density at radius 1 is 1.42 bits per heavy atom. The zero-order chi connectivity index (χ0) is 9.41. The summed E-state index contributed by atoms with van der Waals surface area (Å²) in [5.74, 6) is -0.386. The van der Waals surface area contributed by atoms with Gasteiger partial charge in [0, 0.05) is 6.42 Å². The Morgan fingerprint density at radius 3 is 2.33 bits per heavy atom. The highest BCUT2D eigenvalue weighted by Gasteiger charge is 2.56. The minimum absolute atomic E-state index is 0.276. The van der Waals surface area contributed by atoms with Crippen LogP contribution in [-0.4, -0.2) is 15.0 Å². The molecule has 1 fully saturated rings. The molecular formula is C7H6Cl3NO. The van der Waals surface area contributed by atoms with Gasteiger partial charge in [0.2, 0.25) is 4.87 Å². The number of rotatable bonds is 0. The van der Waals surface area contributed by atoms with Crippen molar-refractivity contribution in [1.82, 2.24) is 0 Å². The number of halogens is 3. The minimum atomic E-state index is -1.76. The molecule has 1 aliphatic rings. The number of nitriles is 1. The fraction of sp³-hybridized carbons (Fsp3) is 0.714. The van der Waals surface area contributed by atoms with Crippen molar-refractivity contribution in [2.75, 3.05) is 0 Å². The summed E-state index contributed by atoms with van der Waals surface area (Å²) in [6.07, 6.45) is 1.24. The number of alkyl halides is 3. The monoisotopic (exact) mass is 225 g/mol. The first kappa shape index (κ1) is 10.1. The minimum Gasteiger partial charge on any atom is -0.296 e. The van der Waals surface area contributed by atoms with Crippen molar-refractivity contribution in [3.8, 4) is 6.07 Å². The Balaban J connectivity index is 3.06. The summed E-state index contributed by atoms with van der Waals surface area (Å²) in [4.78, 5) is 9.48. The topological polar surface area (TPSA) is 40.9 Å². The lowest BCUT2D eigenvalue weighted by Gasteiger charge is -2.34. The quantitative estimate of drug-likeness (QED) is 0.595. The van der Waals surface area contributed by atoms with Crippen molar-refractivity contribution in [1.29, 1.82) is 5.26 Å². The smallest absolute Gasteiger partial charge is 0.221 e. The second kappa shape index (κ2) is 3.06. The van der Waals surface area contributed by atoms with Crippen LogP contribution in [0.25, 0.3) is 0 Å². The highest BCUT2D eigenvalue weighted by molar-refractivity contribution is 6.58. The zero-order valence-electron chi connectivity index (χ0n) is 6.11. The summed E-state index contributed by atoms with van der Waals surface area (Å²) >= 11 is 17.3. The first-order valence-corrected chi connectivity index (χ1v) is 4.59. The van der Waals surface area contributed by atoms with Crippen LogP contribution in [0.15, 0.2) is 0 Å². The number of carbonyl (C=O) groups is 1. The first-order valence-electron chi connectivity index (χ1n) is 3.45. The molecule has 0 aromatic carbocycles. The molecule has 1 aliphatic carbocycles. The van der Waals surface area contributed by atoms with Crippen molar-refractivity contribution in [2.24, 2.45) is 0 Å². The van der Waals surface area contributed by atoms with Gasteiger partial charge in [-0.15, -0.1) is 0 Å². The maximum atomic E-state index is 11.2. The van der Waals surface area contributed by atoms with Crippen LogP contribution in [0.2, 0.25) is 0 Å². The Kier molecular flexibility index (Phi) is 2.58. The van der Waals surface area contributed by atoms with Gasteiger partial charge in [-0.3, -0.25) is 4.79 Å². The lowest BCUT2D eigenvalue weighted by atomic mass is 9.87. The van der Waals surface area contributed by atoms with E-state index >= 15 is 0 Å². The van der Waals surface area contributed by atoms with Crippen molar-refractivity contribution < 1.29 is 4.79 Å². The largest absolute Gasteiger partial charge is 0.296 e. The van der Waals surface area contributed by atoms with Crippen LogP contribution in [0.4, 0.5) is 0 Å². The zero-order valence-corrected chi connectivity index (χ0v) is 8.38. The molecule has 0 spiro atoms. The van der Waals surface area contributed by atoms with Gasteiger partial charge in [0.05, 0.1) is 6.07 Å². The molecule has 1 rings (SSSR count). The van der Waals surface area contributed by atoms with Crippen LogP contribution >= 0.6 is 34.8 Å². The predicted octanol–water partition coefficient (Wildman–Crippen LogP) is 2.41. The molecule has 66 valence electrons. The highest BCUT2D eigenvalue weighted by atomic mass is 35.5.